The Labute approximate surface area is 80.7 Å². The fourth-order valence-electron chi connectivity index (χ4n) is 1.66. The molecular weight excluding hydrogens is 166 g/mol. The lowest BCUT2D eigenvalue weighted by molar-refractivity contribution is -0.147. The van der Waals surface area contributed by atoms with Gasteiger partial charge in [-0.25, -0.2) is 0 Å². The summed E-state index contributed by atoms with van der Waals surface area (Å²) in [5, 5.41) is 9.10. The Morgan fingerprint density at radius 3 is 1.77 bits per heavy atom. The minimum Gasteiger partial charge on any atom is -0.480 e. The highest BCUT2D eigenvalue weighted by atomic mass is 16.4. The number of carboxylic acid groups (broad SMARTS) is 1. The van der Waals surface area contributed by atoms with E-state index in [9.17, 15) is 4.79 Å². The van der Waals surface area contributed by atoms with Gasteiger partial charge >= 0.3 is 5.97 Å². The van der Waals surface area contributed by atoms with Gasteiger partial charge in [0.15, 0.2) is 0 Å². The second-order valence-corrected chi connectivity index (χ2v) is 4.33. The van der Waals surface area contributed by atoms with E-state index >= 15 is 0 Å². The molecule has 0 aromatic rings. The van der Waals surface area contributed by atoms with Crippen molar-refractivity contribution in [3.05, 3.63) is 0 Å². The molecule has 0 spiro atoms. The number of likely N-dealkylation sites (N-methyl/N-ethyl adjacent to an activating group) is 1. The predicted molar refractivity (Wildman–Crippen MR) is 53.8 cm³/mol. The summed E-state index contributed by atoms with van der Waals surface area (Å²) in [6, 6.07) is -0.387. The van der Waals surface area contributed by atoms with Gasteiger partial charge in [-0.05, 0) is 18.5 Å². The molecule has 0 heterocycles. The van der Waals surface area contributed by atoms with Crippen LogP contribution in [0.1, 0.15) is 34.6 Å². The van der Waals surface area contributed by atoms with Gasteiger partial charge in [0.25, 0.3) is 0 Å². The van der Waals surface area contributed by atoms with Gasteiger partial charge in [-0.3, -0.25) is 9.69 Å². The van der Waals surface area contributed by atoms with Crippen molar-refractivity contribution in [1.82, 2.24) is 4.90 Å². The van der Waals surface area contributed by atoms with Gasteiger partial charge in [0.1, 0.15) is 6.04 Å². The Morgan fingerprint density at radius 1 is 1.31 bits per heavy atom. The summed E-state index contributed by atoms with van der Waals surface area (Å²) in [5.74, 6) is -0.726. The van der Waals surface area contributed by atoms with Gasteiger partial charge in [-0.2, -0.15) is 0 Å². The zero-order valence-corrected chi connectivity index (χ0v) is 9.29. The number of hydrogen-bond acceptors (Lipinski definition) is 2. The molecule has 0 unspecified atom stereocenters. The normalized spacial score (nSPS) is 14.6. The molecule has 0 aliphatic carbocycles. The van der Waals surface area contributed by atoms with Crippen LogP contribution in [-0.2, 0) is 4.79 Å². The van der Waals surface area contributed by atoms with Gasteiger partial charge in [-0.1, -0.05) is 34.6 Å². The van der Waals surface area contributed by atoms with Gasteiger partial charge in [0.05, 0.1) is 0 Å². The Hall–Kier alpha value is -0.570. The fraction of sp³-hybridized carbons (Fsp3) is 0.900. The predicted octanol–water partition coefficient (Wildman–Crippen LogP) is 1.83. The third kappa shape index (κ3) is 3.35. The quantitative estimate of drug-likeness (QED) is 0.730. The molecule has 0 aliphatic heterocycles. The molecule has 3 heteroatoms. The maximum Gasteiger partial charge on any atom is 0.321 e. The zero-order valence-electron chi connectivity index (χ0n) is 9.29. The van der Waals surface area contributed by atoms with E-state index in [0.717, 1.165) is 13.1 Å². The summed E-state index contributed by atoms with van der Waals surface area (Å²) in [5.41, 5.74) is -0.210. The standard InChI is InChI=1S/C10H21NO2/c1-6-11(7-2)8(9(12)13)10(3,4)5/h8H,6-7H2,1-5H3,(H,12,13)/t8-/m1/s1. The highest BCUT2D eigenvalue weighted by molar-refractivity contribution is 5.74. The van der Waals surface area contributed by atoms with Crippen molar-refractivity contribution in [2.45, 2.75) is 40.7 Å². The molecule has 13 heavy (non-hydrogen) atoms. The summed E-state index contributed by atoms with van der Waals surface area (Å²) in [7, 11) is 0. The van der Waals surface area contributed by atoms with E-state index < -0.39 is 5.97 Å². The summed E-state index contributed by atoms with van der Waals surface area (Å²) in [4.78, 5) is 13.0. The summed E-state index contributed by atoms with van der Waals surface area (Å²) in [6.45, 7) is 11.4. The molecular formula is C10H21NO2. The first-order valence-corrected chi connectivity index (χ1v) is 4.81. The van der Waals surface area contributed by atoms with E-state index in [1.165, 1.54) is 0 Å². The maximum absolute atomic E-state index is 11.1. The Bertz CT molecular complexity index is 168. The summed E-state index contributed by atoms with van der Waals surface area (Å²) < 4.78 is 0. The number of hydrogen-bond donors (Lipinski definition) is 1. The molecule has 78 valence electrons. The molecule has 0 rings (SSSR count). The first-order valence-electron chi connectivity index (χ1n) is 4.81. The second kappa shape index (κ2) is 4.61. The maximum atomic E-state index is 11.1. The second-order valence-electron chi connectivity index (χ2n) is 4.33. The number of aliphatic carboxylic acids is 1. The minimum atomic E-state index is -0.726. The molecule has 0 bridgehead atoms. The molecule has 0 amide bonds. The van der Waals surface area contributed by atoms with Crippen molar-refractivity contribution >= 4 is 5.97 Å². The number of carboxylic acids is 1. The van der Waals surface area contributed by atoms with Crippen LogP contribution in [0.25, 0.3) is 0 Å². The number of rotatable bonds is 4. The molecule has 3 nitrogen and oxygen atoms in total. The van der Waals surface area contributed by atoms with Crippen LogP contribution < -0.4 is 0 Å². The highest BCUT2D eigenvalue weighted by Crippen LogP contribution is 2.24. The van der Waals surface area contributed by atoms with Crippen molar-refractivity contribution in [3.8, 4) is 0 Å². The van der Waals surface area contributed by atoms with Crippen molar-refractivity contribution in [2.24, 2.45) is 5.41 Å². The number of nitrogens with zero attached hydrogens (tertiary/aromatic N) is 1. The van der Waals surface area contributed by atoms with Crippen molar-refractivity contribution < 1.29 is 9.90 Å². The molecule has 0 fully saturated rings. The van der Waals surface area contributed by atoms with Crippen LogP contribution in [0.5, 0.6) is 0 Å². The van der Waals surface area contributed by atoms with Gasteiger partial charge in [0.2, 0.25) is 0 Å². The Kier molecular flexibility index (Phi) is 4.40. The topological polar surface area (TPSA) is 40.5 Å². The first kappa shape index (κ1) is 12.4. The minimum absolute atomic E-state index is 0.210. The lowest BCUT2D eigenvalue weighted by Gasteiger charge is -2.35. The van der Waals surface area contributed by atoms with E-state index in [2.05, 4.69) is 0 Å². The average Bonchev–Trinajstić information content (AvgIpc) is 1.96. The van der Waals surface area contributed by atoms with Crippen molar-refractivity contribution in [1.29, 1.82) is 0 Å². The van der Waals surface area contributed by atoms with Gasteiger partial charge in [0, 0.05) is 0 Å². The smallest absolute Gasteiger partial charge is 0.321 e. The summed E-state index contributed by atoms with van der Waals surface area (Å²) >= 11 is 0. The number of carbonyl (C=O) groups is 1. The van der Waals surface area contributed by atoms with Crippen LogP contribution in [0.3, 0.4) is 0 Å². The van der Waals surface area contributed by atoms with Crippen molar-refractivity contribution in [2.75, 3.05) is 13.1 Å². The molecule has 0 saturated carbocycles. The first-order chi connectivity index (χ1) is 5.84. The van der Waals surface area contributed by atoms with E-state index in [-0.39, 0.29) is 11.5 Å². The van der Waals surface area contributed by atoms with Crippen LogP contribution >= 0.6 is 0 Å². The largest absolute Gasteiger partial charge is 0.480 e. The van der Waals surface area contributed by atoms with Crippen LogP contribution in [0, 0.1) is 5.41 Å². The molecule has 0 aliphatic rings. The summed E-state index contributed by atoms with van der Waals surface area (Å²) in [6.07, 6.45) is 0. The van der Waals surface area contributed by atoms with Crippen LogP contribution in [0.2, 0.25) is 0 Å². The monoisotopic (exact) mass is 187 g/mol. The molecule has 0 aromatic heterocycles. The Balaban J connectivity index is 4.69. The van der Waals surface area contributed by atoms with E-state index in [0.29, 0.717) is 0 Å². The lowest BCUT2D eigenvalue weighted by atomic mass is 9.85. The van der Waals surface area contributed by atoms with Gasteiger partial charge < -0.3 is 5.11 Å². The highest BCUT2D eigenvalue weighted by Gasteiger charge is 2.34. The fourth-order valence-corrected chi connectivity index (χ4v) is 1.66. The Morgan fingerprint density at radius 2 is 1.69 bits per heavy atom. The molecule has 0 aromatic carbocycles. The lowest BCUT2D eigenvalue weighted by Crippen LogP contribution is -2.49. The molecule has 1 atom stereocenters. The van der Waals surface area contributed by atoms with Crippen LogP contribution in [-0.4, -0.2) is 35.1 Å². The molecule has 0 saturated heterocycles. The molecule has 1 N–H and O–H groups in total. The zero-order chi connectivity index (χ0) is 10.6. The third-order valence-corrected chi connectivity index (χ3v) is 2.23. The van der Waals surface area contributed by atoms with Crippen LogP contribution in [0.15, 0.2) is 0 Å². The van der Waals surface area contributed by atoms with Gasteiger partial charge in [-0.15, -0.1) is 0 Å². The third-order valence-electron chi connectivity index (χ3n) is 2.23. The molecule has 0 radical (unpaired) electrons. The van der Waals surface area contributed by atoms with E-state index in [1.54, 1.807) is 0 Å². The van der Waals surface area contributed by atoms with E-state index in [1.807, 2.05) is 39.5 Å². The van der Waals surface area contributed by atoms with E-state index in [4.69, 9.17) is 5.11 Å². The van der Waals surface area contributed by atoms with Crippen LogP contribution in [0.4, 0.5) is 0 Å². The average molecular weight is 187 g/mol. The SMILES string of the molecule is CCN(CC)[C@H](C(=O)O)C(C)(C)C. The van der Waals surface area contributed by atoms with Crippen molar-refractivity contribution in [3.63, 3.8) is 0 Å².